The van der Waals surface area contributed by atoms with Gasteiger partial charge in [0.15, 0.2) is 0 Å². The van der Waals surface area contributed by atoms with Crippen LogP contribution in [0.1, 0.15) is 33.6 Å². The van der Waals surface area contributed by atoms with E-state index in [2.05, 4.69) is 32.0 Å². The van der Waals surface area contributed by atoms with E-state index in [-0.39, 0.29) is 6.04 Å². The molecule has 1 heterocycles. The lowest BCUT2D eigenvalue weighted by Gasteiger charge is -2.36. The topological polar surface area (TPSA) is 12.0 Å². The zero-order valence-electron chi connectivity index (χ0n) is 9.47. The van der Waals surface area contributed by atoms with E-state index in [0.29, 0.717) is 11.5 Å². The fraction of sp³-hybridized carbons (Fsp3) is 0.833. The summed E-state index contributed by atoms with van der Waals surface area (Å²) in [5.74, 6) is 5.29. The van der Waals surface area contributed by atoms with E-state index in [1.807, 2.05) is 11.8 Å². The highest BCUT2D eigenvalue weighted by atomic mass is 32.2. The Labute approximate surface area is 92.4 Å². The number of hydrogen-bond acceptors (Lipinski definition) is 2. The molecule has 0 aromatic heterocycles. The van der Waals surface area contributed by atoms with E-state index in [4.69, 9.17) is 6.42 Å². The molecule has 2 atom stereocenters. The van der Waals surface area contributed by atoms with Crippen molar-refractivity contribution in [3.05, 3.63) is 0 Å². The van der Waals surface area contributed by atoms with Crippen LogP contribution in [0.2, 0.25) is 0 Å². The molecule has 1 rings (SSSR count). The van der Waals surface area contributed by atoms with Gasteiger partial charge in [-0.15, -0.1) is 6.42 Å². The molecule has 0 bridgehead atoms. The van der Waals surface area contributed by atoms with Crippen LogP contribution < -0.4 is 5.32 Å². The average molecular weight is 211 g/mol. The van der Waals surface area contributed by atoms with E-state index in [0.717, 1.165) is 6.42 Å². The fourth-order valence-corrected chi connectivity index (χ4v) is 3.22. The summed E-state index contributed by atoms with van der Waals surface area (Å²) in [5, 5.41) is 3.55. The van der Waals surface area contributed by atoms with E-state index < -0.39 is 0 Å². The third-order valence-corrected chi connectivity index (χ3v) is 4.28. The van der Waals surface area contributed by atoms with Crippen molar-refractivity contribution in [1.82, 2.24) is 5.32 Å². The maximum Gasteiger partial charge on any atom is 0.0686 e. The Morgan fingerprint density at radius 3 is 2.86 bits per heavy atom. The van der Waals surface area contributed by atoms with Crippen LogP contribution in [0.15, 0.2) is 0 Å². The molecule has 0 amide bonds. The van der Waals surface area contributed by atoms with Crippen LogP contribution in [0.3, 0.4) is 0 Å². The van der Waals surface area contributed by atoms with Crippen LogP contribution in [-0.2, 0) is 0 Å². The van der Waals surface area contributed by atoms with Gasteiger partial charge < -0.3 is 5.32 Å². The van der Waals surface area contributed by atoms with Crippen LogP contribution >= 0.6 is 11.8 Å². The molecule has 80 valence electrons. The van der Waals surface area contributed by atoms with Gasteiger partial charge in [0.05, 0.1) is 6.04 Å². The Bertz CT molecular complexity index is 217. The van der Waals surface area contributed by atoms with Gasteiger partial charge in [-0.25, -0.2) is 0 Å². The lowest BCUT2D eigenvalue weighted by atomic mass is 9.87. The first kappa shape index (κ1) is 11.9. The minimum atomic E-state index is 0.259. The second-order valence-electron chi connectivity index (χ2n) is 4.87. The van der Waals surface area contributed by atoms with Gasteiger partial charge in [0, 0.05) is 11.8 Å². The second-order valence-corrected chi connectivity index (χ2v) is 5.90. The lowest BCUT2D eigenvalue weighted by molar-refractivity contribution is 0.309. The summed E-state index contributed by atoms with van der Waals surface area (Å²) < 4.78 is 0. The van der Waals surface area contributed by atoms with E-state index in [1.54, 1.807) is 0 Å². The third-order valence-electron chi connectivity index (χ3n) is 2.66. The molecule has 0 aliphatic carbocycles. The Hall–Kier alpha value is -0.130. The van der Waals surface area contributed by atoms with Crippen molar-refractivity contribution in [2.45, 2.75) is 45.7 Å². The summed E-state index contributed by atoms with van der Waals surface area (Å²) in [4.78, 5) is 0. The van der Waals surface area contributed by atoms with Crippen molar-refractivity contribution in [3.63, 3.8) is 0 Å². The van der Waals surface area contributed by atoms with Crippen molar-refractivity contribution < 1.29 is 0 Å². The lowest BCUT2D eigenvalue weighted by Crippen LogP contribution is -2.44. The van der Waals surface area contributed by atoms with Crippen LogP contribution in [-0.4, -0.2) is 23.6 Å². The number of terminal acetylenes is 1. The Balaban J connectivity index is 2.42. The molecule has 2 heteroatoms. The molecule has 1 fully saturated rings. The number of rotatable bonds is 3. The molecule has 1 N–H and O–H groups in total. The molecule has 1 nitrogen and oxygen atoms in total. The Morgan fingerprint density at radius 2 is 2.36 bits per heavy atom. The van der Waals surface area contributed by atoms with Gasteiger partial charge in [0.1, 0.15) is 0 Å². The van der Waals surface area contributed by atoms with Gasteiger partial charge in [-0.2, -0.15) is 11.8 Å². The highest BCUT2D eigenvalue weighted by molar-refractivity contribution is 7.99. The van der Waals surface area contributed by atoms with Gasteiger partial charge in [-0.3, -0.25) is 0 Å². The molecule has 0 saturated carbocycles. The van der Waals surface area contributed by atoms with Gasteiger partial charge >= 0.3 is 0 Å². The summed E-state index contributed by atoms with van der Waals surface area (Å²) in [7, 11) is 0. The summed E-state index contributed by atoms with van der Waals surface area (Å²) in [6.45, 7) is 6.81. The number of nitrogens with one attached hydrogen (secondary N) is 1. The van der Waals surface area contributed by atoms with E-state index >= 15 is 0 Å². The van der Waals surface area contributed by atoms with E-state index in [1.165, 1.54) is 17.9 Å². The maximum absolute atomic E-state index is 5.45. The minimum absolute atomic E-state index is 0.259. The number of thioether (sulfide) groups is 1. The number of hydrogen-bond donors (Lipinski definition) is 1. The van der Waals surface area contributed by atoms with Gasteiger partial charge in [-0.1, -0.05) is 26.7 Å². The predicted molar refractivity (Wildman–Crippen MR) is 65.6 cm³/mol. The van der Waals surface area contributed by atoms with Crippen molar-refractivity contribution in [1.29, 1.82) is 0 Å². The molecule has 2 unspecified atom stereocenters. The standard InChI is InChI=1S/C12H21NS/c1-5-10(6-2)13-11-7-12(3,4)9-14-8-11/h1,10-11,13H,6-9H2,2-4H3. The Kier molecular flexibility index (Phi) is 4.34. The van der Waals surface area contributed by atoms with Crippen molar-refractivity contribution >= 4 is 11.8 Å². The molecule has 0 spiro atoms. The first-order valence-corrected chi connectivity index (χ1v) is 6.53. The molecule has 0 aromatic rings. The predicted octanol–water partition coefficient (Wildman–Crippen LogP) is 2.52. The zero-order valence-corrected chi connectivity index (χ0v) is 10.3. The molecular weight excluding hydrogens is 190 g/mol. The summed E-state index contributed by atoms with van der Waals surface area (Å²) in [6.07, 6.45) is 7.72. The molecule has 14 heavy (non-hydrogen) atoms. The summed E-state index contributed by atoms with van der Waals surface area (Å²) in [6, 6.07) is 0.860. The largest absolute Gasteiger partial charge is 0.300 e. The molecule has 0 aromatic carbocycles. The molecule has 1 saturated heterocycles. The van der Waals surface area contributed by atoms with Crippen LogP contribution in [0.4, 0.5) is 0 Å². The van der Waals surface area contributed by atoms with Crippen LogP contribution in [0, 0.1) is 17.8 Å². The van der Waals surface area contributed by atoms with Crippen LogP contribution in [0.5, 0.6) is 0 Å². The third kappa shape index (κ3) is 3.55. The van der Waals surface area contributed by atoms with Crippen molar-refractivity contribution in [2.75, 3.05) is 11.5 Å². The molecule has 0 radical (unpaired) electrons. The fourth-order valence-electron chi connectivity index (χ4n) is 1.94. The van der Waals surface area contributed by atoms with E-state index in [9.17, 15) is 0 Å². The summed E-state index contributed by atoms with van der Waals surface area (Å²) >= 11 is 2.04. The smallest absolute Gasteiger partial charge is 0.0686 e. The highest BCUT2D eigenvalue weighted by Crippen LogP contribution is 2.33. The van der Waals surface area contributed by atoms with Gasteiger partial charge in [0.25, 0.3) is 0 Å². The average Bonchev–Trinajstić information content (AvgIpc) is 2.12. The van der Waals surface area contributed by atoms with Crippen molar-refractivity contribution in [3.8, 4) is 12.3 Å². The highest BCUT2D eigenvalue weighted by Gasteiger charge is 2.28. The first-order chi connectivity index (χ1) is 6.57. The normalized spacial score (nSPS) is 28.0. The zero-order chi connectivity index (χ0) is 10.6. The quantitative estimate of drug-likeness (QED) is 0.720. The molecule has 1 aliphatic rings. The minimum Gasteiger partial charge on any atom is -0.300 e. The molecule has 1 aliphatic heterocycles. The molecular formula is C12H21NS. The first-order valence-electron chi connectivity index (χ1n) is 5.37. The monoisotopic (exact) mass is 211 g/mol. The van der Waals surface area contributed by atoms with Gasteiger partial charge in [0.2, 0.25) is 0 Å². The summed E-state index contributed by atoms with van der Waals surface area (Å²) in [5.41, 5.74) is 0.466. The van der Waals surface area contributed by atoms with Crippen LogP contribution in [0.25, 0.3) is 0 Å². The second kappa shape index (κ2) is 5.09. The maximum atomic E-state index is 5.45. The Morgan fingerprint density at radius 1 is 1.64 bits per heavy atom. The van der Waals surface area contributed by atoms with Crippen molar-refractivity contribution in [2.24, 2.45) is 5.41 Å². The van der Waals surface area contributed by atoms with Gasteiger partial charge in [-0.05, 0) is 24.0 Å². The SMILES string of the molecule is C#CC(CC)NC1CSCC(C)(C)C1.